The van der Waals surface area contributed by atoms with Crippen molar-refractivity contribution < 1.29 is 8.94 Å². The summed E-state index contributed by atoms with van der Waals surface area (Å²) in [5, 5.41) is 7.72. The van der Waals surface area contributed by atoms with Crippen molar-refractivity contribution >= 4 is 11.6 Å². The number of halogens is 1. The van der Waals surface area contributed by atoms with E-state index in [1.807, 2.05) is 36.4 Å². The lowest BCUT2D eigenvalue weighted by atomic mass is 10.2. The summed E-state index contributed by atoms with van der Waals surface area (Å²) in [6.45, 7) is 3.18. The van der Waals surface area contributed by atoms with Crippen LogP contribution in [-0.4, -0.2) is 16.7 Å². The Kier molecular flexibility index (Phi) is 4.56. The Morgan fingerprint density at radius 2 is 2.05 bits per heavy atom. The van der Waals surface area contributed by atoms with Gasteiger partial charge in [-0.2, -0.15) is 4.98 Å². The highest BCUT2D eigenvalue weighted by Gasteiger charge is 2.08. The first-order chi connectivity index (χ1) is 10.7. The van der Waals surface area contributed by atoms with Crippen molar-refractivity contribution in [3.8, 4) is 11.3 Å². The highest BCUT2D eigenvalue weighted by atomic mass is 35.5. The van der Waals surface area contributed by atoms with Crippen molar-refractivity contribution in [1.29, 1.82) is 0 Å². The second kappa shape index (κ2) is 6.77. The molecule has 1 N–H and O–H groups in total. The molecule has 0 saturated carbocycles. The standard InChI is InChI=1S/C16H16ClN3O2/c1-11-19-16(22-20-11)8-9-18-10-12-6-7-15(21-12)13-4-2-3-5-14(13)17/h2-7,18H,8-10H2,1H3. The van der Waals surface area contributed by atoms with Gasteiger partial charge in [-0.05, 0) is 31.2 Å². The van der Waals surface area contributed by atoms with Gasteiger partial charge < -0.3 is 14.3 Å². The number of benzene rings is 1. The summed E-state index contributed by atoms with van der Waals surface area (Å²) in [6.07, 6.45) is 0.693. The van der Waals surface area contributed by atoms with Gasteiger partial charge in [-0.15, -0.1) is 0 Å². The molecule has 1 aromatic carbocycles. The van der Waals surface area contributed by atoms with Crippen molar-refractivity contribution in [1.82, 2.24) is 15.5 Å². The quantitative estimate of drug-likeness (QED) is 0.703. The SMILES string of the molecule is Cc1noc(CCNCc2ccc(-c3ccccc3Cl)o2)n1. The fraction of sp³-hybridized carbons (Fsp3) is 0.250. The van der Waals surface area contributed by atoms with Crippen LogP contribution in [0.15, 0.2) is 45.3 Å². The van der Waals surface area contributed by atoms with Gasteiger partial charge in [0.2, 0.25) is 5.89 Å². The predicted molar refractivity (Wildman–Crippen MR) is 83.6 cm³/mol. The number of hydrogen-bond donors (Lipinski definition) is 1. The van der Waals surface area contributed by atoms with Gasteiger partial charge in [0, 0.05) is 18.5 Å². The van der Waals surface area contributed by atoms with Gasteiger partial charge in [0.25, 0.3) is 0 Å². The summed E-state index contributed by atoms with van der Waals surface area (Å²) in [4.78, 5) is 4.15. The van der Waals surface area contributed by atoms with Crippen LogP contribution < -0.4 is 5.32 Å². The van der Waals surface area contributed by atoms with E-state index in [1.54, 1.807) is 6.92 Å². The zero-order chi connectivity index (χ0) is 15.4. The lowest BCUT2D eigenvalue weighted by molar-refractivity contribution is 0.371. The van der Waals surface area contributed by atoms with Gasteiger partial charge in [-0.3, -0.25) is 0 Å². The first-order valence-corrected chi connectivity index (χ1v) is 7.43. The summed E-state index contributed by atoms with van der Waals surface area (Å²) in [5.74, 6) is 2.93. The van der Waals surface area contributed by atoms with E-state index in [1.165, 1.54) is 0 Å². The molecule has 0 radical (unpaired) electrons. The maximum atomic E-state index is 6.17. The molecule has 0 saturated heterocycles. The molecular weight excluding hydrogens is 302 g/mol. The summed E-state index contributed by atoms with van der Waals surface area (Å²) in [6, 6.07) is 11.5. The minimum absolute atomic E-state index is 0.636. The van der Waals surface area contributed by atoms with Crippen LogP contribution in [-0.2, 0) is 13.0 Å². The van der Waals surface area contributed by atoms with Crippen LogP contribution in [0, 0.1) is 6.92 Å². The van der Waals surface area contributed by atoms with Gasteiger partial charge >= 0.3 is 0 Å². The summed E-state index contributed by atoms with van der Waals surface area (Å²) < 4.78 is 10.9. The van der Waals surface area contributed by atoms with Crippen molar-refractivity contribution in [2.75, 3.05) is 6.54 Å². The number of aromatic nitrogens is 2. The van der Waals surface area contributed by atoms with E-state index < -0.39 is 0 Å². The number of aryl methyl sites for hydroxylation is 1. The Morgan fingerprint density at radius 3 is 2.82 bits per heavy atom. The molecule has 6 heteroatoms. The molecule has 0 bridgehead atoms. The topological polar surface area (TPSA) is 64.1 Å². The molecule has 2 heterocycles. The molecule has 3 rings (SSSR count). The molecule has 0 aliphatic heterocycles. The predicted octanol–water partition coefficient (Wildman–Crippen LogP) is 3.62. The zero-order valence-corrected chi connectivity index (χ0v) is 12.9. The normalized spacial score (nSPS) is 11.0. The Hall–Kier alpha value is -2.11. The van der Waals surface area contributed by atoms with E-state index >= 15 is 0 Å². The molecule has 0 fully saturated rings. The average Bonchev–Trinajstić information content (AvgIpc) is 3.13. The number of nitrogens with one attached hydrogen (secondary N) is 1. The second-order valence-corrected chi connectivity index (χ2v) is 5.32. The fourth-order valence-corrected chi connectivity index (χ4v) is 2.36. The third kappa shape index (κ3) is 3.55. The van der Waals surface area contributed by atoms with Crippen LogP contribution in [0.1, 0.15) is 17.5 Å². The minimum Gasteiger partial charge on any atom is -0.460 e. The van der Waals surface area contributed by atoms with Crippen molar-refractivity contribution in [3.05, 3.63) is 58.9 Å². The molecule has 114 valence electrons. The van der Waals surface area contributed by atoms with E-state index in [4.69, 9.17) is 20.5 Å². The van der Waals surface area contributed by atoms with Crippen LogP contribution in [0.4, 0.5) is 0 Å². The maximum Gasteiger partial charge on any atom is 0.227 e. The van der Waals surface area contributed by atoms with Crippen LogP contribution in [0.25, 0.3) is 11.3 Å². The van der Waals surface area contributed by atoms with E-state index in [2.05, 4.69) is 15.5 Å². The molecule has 0 aliphatic carbocycles. The second-order valence-electron chi connectivity index (χ2n) is 4.91. The fourth-order valence-electron chi connectivity index (χ4n) is 2.13. The van der Waals surface area contributed by atoms with Crippen molar-refractivity contribution in [3.63, 3.8) is 0 Å². The molecule has 5 nitrogen and oxygen atoms in total. The van der Waals surface area contributed by atoms with Gasteiger partial charge in [0.1, 0.15) is 11.5 Å². The Balaban J connectivity index is 1.53. The molecule has 3 aromatic rings. The lowest BCUT2D eigenvalue weighted by Gasteiger charge is -2.01. The third-order valence-electron chi connectivity index (χ3n) is 3.19. The van der Waals surface area contributed by atoms with Crippen molar-refractivity contribution in [2.24, 2.45) is 0 Å². The van der Waals surface area contributed by atoms with Gasteiger partial charge in [-0.1, -0.05) is 28.9 Å². The summed E-state index contributed by atoms with van der Waals surface area (Å²) >= 11 is 6.17. The van der Waals surface area contributed by atoms with Crippen LogP contribution in [0.2, 0.25) is 5.02 Å². The van der Waals surface area contributed by atoms with E-state index in [0.29, 0.717) is 29.7 Å². The first kappa shape index (κ1) is 14.8. The Morgan fingerprint density at radius 1 is 1.18 bits per heavy atom. The number of hydrogen-bond acceptors (Lipinski definition) is 5. The highest BCUT2D eigenvalue weighted by molar-refractivity contribution is 6.33. The van der Waals surface area contributed by atoms with Gasteiger partial charge in [0.05, 0.1) is 11.6 Å². The Labute approximate surface area is 133 Å². The first-order valence-electron chi connectivity index (χ1n) is 7.06. The van der Waals surface area contributed by atoms with Crippen LogP contribution >= 0.6 is 11.6 Å². The molecular formula is C16H16ClN3O2. The zero-order valence-electron chi connectivity index (χ0n) is 12.2. The maximum absolute atomic E-state index is 6.17. The van der Waals surface area contributed by atoms with E-state index in [0.717, 1.165) is 23.6 Å². The number of furan rings is 1. The van der Waals surface area contributed by atoms with Gasteiger partial charge in [0.15, 0.2) is 5.82 Å². The molecule has 2 aromatic heterocycles. The third-order valence-corrected chi connectivity index (χ3v) is 3.52. The van der Waals surface area contributed by atoms with Crippen molar-refractivity contribution in [2.45, 2.75) is 19.9 Å². The number of rotatable bonds is 6. The van der Waals surface area contributed by atoms with Crippen LogP contribution in [0.5, 0.6) is 0 Å². The van der Waals surface area contributed by atoms with E-state index in [9.17, 15) is 0 Å². The summed E-state index contributed by atoms with van der Waals surface area (Å²) in [7, 11) is 0. The van der Waals surface area contributed by atoms with E-state index in [-0.39, 0.29) is 0 Å². The largest absolute Gasteiger partial charge is 0.460 e. The van der Waals surface area contributed by atoms with Gasteiger partial charge in [-0.25, -0.2) is 0 Å². The minimum atomic E-state index is 0.636. The molecule has 0 amide bonds. The monoisotopic (exact) mass is 317 g/mol. The molecule has 0 unspecified atom stereocenters. The molecule has 22 heavy (non-hydrogen) atoms. The highest BCUT2D eigenvalue weighted by Crippen LogP contribution is 2.28. The number of nitrogens with zero attached hydrogens (tertiary/aromatic N) is 2. The molecule has 0 atom stereocenters. The molecule has 0 spiro atoms. The molecule has 0 aliphatic rings. The smallest absolute Gasteiger partial charge is 0.227 e. The lowest BCUT2D eigenvalue weighted by Crippen LogP contribution is -2.16. The van der Waals surface area contributed by atoms with Crippen LogP contribution in [0.3, 0.4) is 0 Å². The Bertz CT molecular complexity index is 751. The average molecular weight is 318 g/mol. The summed E-state index contributed by atoms with van der Waals surface area (Å²) in [5.41, 5.74) is 0.900.